The molecule has 4 rings (SSSR count). The van der Waals surface area contributed by atoms with E-state index in [1.165, 1.54) is 7.11 Å². The van der Waals surface area contributed by atoms with Crippen LogP contribution in [-0.2, 0) is 17.9 Å². The highest BCUT2D eigenvalue weighted by molar-refractivity contribution is 8.18. The lowest BCUT2D eigenvalue weighted by molar-refractivity contribution is -0.123. The average molecular weight is 525 g/mol. The molecule has 35 heavy (non-hydrogen) atoms. The highest BCUT2D eigenvalue weighted by Gasteiger charge is 2.35. The van der Waals surface area contributed by atoms with Crippen molar-refractivity contribution < 1.29 is 19.1 Å². The number of halogens is 2. The molecule has 0 N–H and O–H groups in total. The Morgan fingerprint density at radius 1 is 1.03 bits per heavy atom. The van der Waals surface area contributed by atoms with Crippen molar-refractivity contribution in [3.8, 4) is 17.6 Å². The number of hydrogen-bond donors (Lipinski definition) is 0. The molecular weight excluding hydrogens is 507 g/mol. The zero-order valence-electron chi connectivity index (χ0n) is 18.5. The first-order valence-electron chi connectivity index (χ1n) is 10.4. The Labute approximate surface area is 216 Å². The highest BCUT2D eigenvalue weighted by atomic mass is 35.5. The van der Waals surface area contributed by atoms with Crippen molar-refractivity contribution in [1.29, 1.82) is 5.26 Å². The number of amides is 2. The summed E-state index contributed by atoms with van der Waals surface area (Å²) < 4.78 is 11.3. The molecule has 1 heterocycles. The van der Waals surface area contributed by atoms with Crippen LogP contribution in [-0.4, -0.2) is 23.2 Å². The first-order chi connectivity index (χ1) is 16.9. The van der Waals surface area contributed by atoms with Crippen LogP contribution in [0, 0.1) is 11.3 Å². The lowest BCUT2D eigenvalue weighted by Crippen LogP contribution is -2.27. The summed E-state index contributed by atoms with van der Waals surface area (Å²) >= 11 is 13.3. The van der Waals surface area contributed by atoms with Crippen molar-refractivity contribution in [2.45, 2.75) is 13.2 Å². The zero-order chi connectivity index (χ0) is 24.9. The Morgan fingerprint density at radius 2 is 1.77 bits per heavy atom. The van der Waals surface area contributed by atoms with Crippen LogP contribution in [0.2, 0.25) is 10.0 Å². The molecule has 0 bridgehead atoms. The van der Waals surface area contributed by atoms with E-state index in [0.717, 1.165) is 22.2 Å². The number of thioether (sulfide) groups is 1. The van der Waals surface area contributed by atoms with Gasteiger partial charge in [0.25, 0.3) is 11.1 Å². The first-order valence-corrected chi connectivity index (χ1v) is 12.0. The van der Waals surface area contributed by atoms with Crippen LogP contribution in [0.15, 0.2) is 65.6 Å². The summed E-state index contributed by atoms with van der Waals surface area (Å²) in [7, 11) is 1.51. The molecular formula is C26H18Cl2N2O4S. The quantitative estimate of drug-likeness (QED) is 0.320. The molecule has 3 aromatic rings. The number of benzene rings is 3. The van der Waals surface area contributed by atoms with Crippen molar-refractivity contribution in [1.82, 2.24) is 4.90 Å². The molecule has 1 fully saturated rings. The standard InChI is InChI=1S/C26H18Cl2N2O4S/c1-33-23-11-16(9-10-22(23)34-15-18-6-3-2-5-17(18)13-29)12-24-25(31)30(26(32)35-24)14-19-20(27)7-4-8-21(19)28/h2-12H,14-15H2,1H3/b24-12+. The number of imide groups is 1. The lowest BCUT2D eigenvalue weighted by Gasteiger charge is -2.14. The third-order valence-electron chi connectivity index (χ3n) is 5.26. The van der Waals surface area contributed by atoms with Gasteiger partial charge in [-0.1, -0.05) is 53.5 Å². The second-order valence-electron chi connectivity index (χ2n) is 7.44. The van der Waals surface area contributed by atoms with Crippen LogP contribution in [0.1, 0.15) is 22.3 Å². The van der Waals surface area contributed by atoms with E-state index in [2.05, 4.69) is 6.07 Å². The summed E-state index contributed by atoms with van der Waals surface area (Å²) in [5.74, 6) is 0.512. The fraction of sp³-hybridized carbons (Fsp3) is 0.115. The fourth-order valence-corrected chi connectivity index (χ4v) is 4.79. The van der Waals surface area contributed by atoms with Crippen LogP contribution in [0.3, 0.4) is 0 Å². The fourth-order valence-electron chi connectivity index (χ4n) is 3.43. The van der Waals surface area contributed by atoms with Crippen molar-refractivity contribution in [3.05, 3.63) is 97.9 Å². The maximum atomic E-state index is 12.9. The maximum absolute atomic E-state index is 12.9. The van der Waals surface area contributed by atoms with E-state index in [4.69, 9.17) is 32.7 Å². The van der Waals surface area contributed by atoms with Crippen LogP contribution in [0.25, 0.3) is 6.08 Å². The van der Waals surface area contributed by atoms with Gasteiger partial charge in [-0.2, -0.15) is 5.26 Å². The van der Waals surface area contributed by atoms with Gasteiger partial charge in [0.1, 0.15) is 6.61 Å². The number of nitrogens with zero attached hydrogens (tertiary/aromatic N) is 2. The Morgan fingerprint density at radius 3 is 2.49 bits per heavy atom. The minimum atomic E-state index is -0.427. The summed E-state index contributed by atoms with van der Waals surface area (Å²) in [4.78, 5) is 26.9. The summed E-state index contributed by atoms with van der Waals surface area (Å²) in [5.41, 5.74) is 2.47. The molecule has 0 unspecified atom stereocenters. The van der Waals surface area contributed by atoms with Crippen molar-refractivity contribution in [2.75, 3.05) is 7.11 Å². The molecule has 0 saturated carbocycles. The van der Waals surface area contributed by atoms with Gasteiger partial charge in [-0.05, 0) is 53.7 Å². The van der Waals surface area contributed by atoms with Crippen LogP contribution in [0.4, 0.5) is 4.79 Å². The van der Waals surface area contributed by atoms with Gasteiger partial charge in [-0.15, -0.1) is 0 Å². The van der Waals surface area contributed by atoms with Crippen LogP contribution < -0.4 is 9.47 Å². The summed E-state index contributed by atoms with van der Waals surface area (Å²) in [5, 5.41) is 9.62. The average Bonchev–Trinajstić information content (AvgIpc) is 3.12. The molecule has 1 saturated heterocycles. The molecule has 176 valence electrons. The number of carbonyl (C=O) groups is 2. The van der Waals surface area contributed by atoms with E-state index in [1.54, 1.807) is 54.6 Å². The molecule has 0 spiro atoms. The number of rotatable bonds is 7. The van der Waals surface area contributed by atoms with E-state index >= 15 is 0 Å². The number of methoxy groups -OCH3 is 1. The van der Waals surface area contributed by atoms with Gasteiger partial charge < -0.3 is 9.47 Å². The minimum Gasteiger partial charge on any atom is -0.493 e. The topological polar surface area (TPSA) is 79.6 Å². The summed E-state index contributed by atoms with van der Waals surface area (Å²) in [6.07, 6.45) is 1.62. The molecule has 3 aromatic carbocycles. The van der Waals surface area contributed by atoms with Crippen molar-refractivity contribution in [3.63, 3.8) is 0 Å². The third-order valence-corrected chi connectivity index (χ3v) is 6.87. The largest absolute Gasteiger partial charge is 0.493 e. The van der Waals surface area contributed by atoms with E-state index in [0.29, 0.717) is 38.2 Å². The van der Waals surface area contributed by atoms with E-state index in [1.807, 2.05) is 12.1 Å². The van der Waals surface area contributed by atoms with E-state index < -0.39 is 11.1 Å². The van der Waals surface area contributed by atoms with E-state index in [-0.39, 0.29) is 18.1 Å². The maximum Gasteiger partial charge on any atom is 0.293 e. The van der Waals surface area contributed by atoms with Crippen molar-refractivity contribution >= 4 is 52.2 Å². The SMILES string of the molecule is COc1cc(/C=C2/SC(=O)N(Cc3c(Cl)cccc3Cl)C2=O)ccc1OCc1ccccc1C#N. The summed E-state index contributed by atoms with van der Waals surface area (Å²) in [6, 6.07) is 19.5. The number of hydrogen-bond acceptors (Lipinski definition) is 6. The van der Waals surface area contributed by atoms with Gasteiger partial charge in [0.05, 0.1) is 30.2 Å². The molecule has 2 amide bonds. The number of nitriles is 1. The van der Waals surface area contributed by atoms with Gasteiger partial charge in [-0.25, -0.2) is 0 Å². The van der Waals surface area contributed by atoms with Crippen LogP contribution in [0.5, 0.6) is 11.5 Å². The molecule has 6 nitrogen and oxygen atoms in total. The Hall–Kier alpha value is -3.44. The molecule has 0 radical (unpaired) electrons. The molecule has 1 aliphatic heterocycles. The first kappa shape index (κ1) is 24.7. The monoisotopic (exact) mass is 524 g/mol. The Bertz CT molecular complexity index is 1360. The molecule has 0 aliphatic carbocycles. The highest BCUT2D eigenvalue weighted by Crippen LogP contribution is 2.37. The molecule has 0 aromatic heterocycles. The predicted molar refractivity (Wildman–Crippen MR) is 136 cm³/mol. The second-order valence-corrected chi connectivity index (χ2v) is 9.24. The molecule has 9 heteroatoms. The molecule has 1 aliphatic rings. The third kappa shape index (κ3) is 5.46. The van der Waals surface area contributed by atoms with E-state index in [9.17, 15) is 14.9 Å². The van der Waals surface area contributed by atoms with Gasteiger partial charge in [0.15, 0.2) is 11.5 Å². The number of carbonyl (C=O) groups excluding carboxylic acids is 2. The second kappa shape index (κ2) is 10.9. The van der Waals surface area contributed by atoms with Gasteiger partial charge in [0.2, 0.25) is 0 Å². The van der Waals surface area contributed by atoms with Crippen LogP contribution >= 0.6 is 35.0 Å². The smallest absolute Gasteiger partial charge is 0.293 e. The zero-order valence-corrected chi connectivity index (χ0v) is 20.8. The Balaban J connectivity index is 1.52. The number of ether oxygens (including phenoxy) is 2. The van der Waals surface area contributed by atoms with Crippen molar-refractivity contribution in [2.24, 2.45) is 0 Å². The lowest BCUT2D eigenvalue weighted by atomic mass is 10.1. The van der Waals surface area contributed by atoms with Gasteiger partial charge >= 0.3 is 0 Å². The summed E-state index contributed by atoms with van der Waals surface area (Å²) in [6.45, 7) is 0.184. The van der Waals surface area contributed by atoms with Gasteiger partial charge in [-0.3, -0.25) is 14.5 Å². The Kier molecular flexibility index (Phi) is 7.67. The predicted octanol–water partition coefficient (Wildman–Crippen LogP) is 6.69. The minimum absolute atomic E-state index is 0.0131. The normalized spacial score (nSPS) is 14.3. The molecule has 0 atom stereocenters. The van der Waals surface area contributed by atoms with Gasteiger partial charge in [0, 0.05) is 21.2 Å².